The number of hydrogen-bond acceptors (Lipinski definition) is 5. The van der Waals surface area contributed by atoms with Crippen LogP contribution in [0.4, 0.5) is 11.4 Å². The molecule has 0 heterocycles. The number of carbonyl (C=O) groups is 1. The van der Waals surface area contributed by atoms with Crippen LogP contribution in [0.2, 0.25) is 5.02 Å². The number of nitrogens with one attached hydrogen (secondary N) is 2. The van der Waals surface area contributed by atoms with Gasteiger partial charge in [0.15, 0.2) is 0 Å². The van der Waals surface area contributed by atoms with Gasteiger partial charge in [0.1, 0.15) is 16.4 Å². The Balaban J connectivity index is 1.70. The molecule has 0 bridgehead atoms. The summed E-state index contributed by atoms with van der Waals surface area (Å²) in [6.45, 7) is 2.14. The van der Waals surface area contributed by atoms with Gasteiger partial charge in [0.25, 0.3) is 10.0 Å². The highest BCUT2D eigenvalue weighted by molar-refractivity contribution is 7.92. The second-order valence-electron chi connectivity index (χ2n) is 6.91. The molecule has 0 aliphatic rings. The summed E-state index contributed by atoms with van der Waals surface area (Å²) in [6, 6.07) is 18.4. The molecule has 0 saturated carbocycles. The van der Waals surface area contributed by atoms with Crippen molar-refractivity contribution in [1.82, 2.24) is 0 Å². The first kappa shape index (κ1) is 23.4. The van der Waals surface area contributed by atoms with Gasteiger partial charge in [-0.1, -0.05) is 35.9 Å². The van der Waals surface area contributed by atoms with E-state index in [4.69, 9.17) is 21.1 Å². The predicted octanol–water partition coefficient (Wildman–Crippen LogP) is 4.87. The number of rotatable bonds is 9. The van der Waals surface area contributed by atoms with Crippen molar-refractivity contribution in [3.05, 3.63) is 77.3 Å². The quantitative estimate of drug-likeness (QED) is 0.461. The smallest absolute Gasteiger partial charge is 0.265 e. The van der Waals surface area contributed by atoms with Crippen LogP contribution in [0.15, 0.2) is 71.6 Å². The van der Waals surface area contributed by atoms with Gasteiger partial charge in [-0.3, -0.25) is 9.52 Å². The monoisotopic (exact) mass is 474 g/mol. The Hall–Kier alpha value is -3.23. The molecule has 0 fully saturated rings. The molecule has 3 rings (SSSR count). The lowest BCUT2D eigenvalue weighted by Crippen LogP contribution is -2.17. The largest absolute Gasteiger partial charge is 0.495 e. The molecule has 0 saturated heterocycles. The summed E-state index contributed by atoms with van der Waals surface area (Å²) < 4.78 is 39.1. The summed E-state index contributed by atoms with van der Waals surface area (Å²) >= 11 is 6.07. The van der Waals surface area contributed by atoms with Gasteiger partial charge < -0.3 is 14.8 Å². The third-order valence-corrected chi connectivity index (χ3v) is 6.16. The van der Waals surface area contributed by atoms with E-state index in [1.165, 1.54) is 19.2 Å². The molecular formula is C23H23ClN2O5S. The number of hydrogen-bond donors (Lipinski definition) is 2. The molecule has 0 aliphatic carbocycles. The van der Waals surface area contributed by atoms with Crippen molar-refractivity contribution in [2.24, 2.45) is 0 Å². The molecule has 0 atom stereocenters. The summed E-state index contributed by atoms with van der Waals surface area (Å²) in [5.74, 6) is 0.497. The van der Waals surface area contributed by atoms with Crippen molar-refractivity contribution >= 4 is 38.9 Å². The van der Waals surface area contributed by atoms with Crippen LogP contribution >= 0.6 is 11.6 Å². The Morgan fingerprint density at radius 1 is 1.03 bits per heavy atom. The molecule has 0 radical (unpaired) electrons. The number of halogens is 1. The summed E-state index contributed by atoms with van der Waals surface area (Å²) in [7, 11) is -2.66. The Morgan fingerprint density at radius 3 is 2.53 bits per heavy atom. The van der Waals surface area contributed by atoms with Crippen molar-refractivity contribution in [2.45, 2.75) is 18.2 Å². The fourth-order valence-electron chi connectivity index (χ4n) is 2.90. The Morgan fingerprint density at radius 2 is 1.81 bits per heavy atom. The fraction of sp³-hybridized carbons (Fsp3) is 0.174. The lowest BCUT2D eigenvalue weighted by molar-refractivity contribution is -0.116. The van der Waals surface area contributed by atoms with E-state index in [-0.39, 0.29) is 40.3 Å². The molecule has 0 spiro atoms. The summed E-state index contributed by atoms with van der Waals surface area (Å²) in [6.07, 6.45) is 0.0972. The maximum Gasteiger partial charge on any atom is 0.265 e. The van der Waals surface area contributed by atoms with Crippen LogP contribution in [-0.4, -0.2) is 28.0 Å². The van der Waals surface area contributed by atoms with E-state index in [0.717, 1.165) is 5.56 Å². The average Bonchev–Trinajstić information content (AvgIpc) is 2.75. The van der Waals surface area contributed by atoms with Crippen LogP contribution in [0.1, 0.15) is 12.0 Å². The van der Waals surface area contributed by atoms with Gasteiger partial charge in [0.2, 0.25) is 5.91 Å². The van der Waals surface area contributed by atoms with E-state index < -0.39 is 10.0 Å². The number of carbonyl (C=O) groups excluding carboxylic acids is 1. The minimum absolute atomic E-state index is 0.0972. The highest BCUT2D eigenvalue weighted by atomic mass is 35.5. The minimum atomic E-state index is -4.03. The topological polar surface area (TPSA) is 93.7 Å². The second-order valence-corrected chi connectivity index (χ2v) is 8.97. The van der Waals surface area contributed by atoms with E-state index in [9.17, 15) is 13.2 Å². The molecule has 32 heavy (non-hydrogen) atoms. The molecule has 3 aromatic carbocycles. The SMILES string of the molecule is COc1ccc(NC(=O)CCOc2cccc(C)c2)cc1S(=O)(=O)Nc1ccccc1Cl. The molecule has 0 unspecified atom stereocenters. The van der Waals surface area contributed by atoms with Gasteiger partial charge in [-0.05, 0) is 55.0 Å². The lowest BCUT2D eigenvalue weighted by Gasteiger charge is -2.14. The van der Waals surface area contributed by atoms with Crippen molar-refractivity contribution in [3.63, 3.8) is 0 Å². The molecule has 168 valence electrons. The van der Waals surface area contributed by atoms with Gasteiger partial charge in [-0.2, -0.15) is 0 Å². The van der Waals surface area contributed by atoms with E-state index in [0.29, 0.717) is 11.4 Å². The van der Waals surface area contributed by atoms with E-state index >= 15 is 0 Å². The highest BCUT2D eigenvalue weighted by Gasteiger charge is 2.22. The summed E-state index contributed by atoms with van der Waals surface area (Å²) in [5.41, 5.74) is 1.61. The van der Waals surface area contributed by atoms with Crippen LogP contribution in [0.25, 0.3) is 0 Å². The number of benzene rings is 3. The number of para-hydroxylation sites is 1. The first-order valence-electron chi connectivity index (χ1n) is 9.73. The zero-order chi connectivity index (χ0) is 23.1. The summed E-state index contributed by atoms with van der Waals surface area (Å²) in [4.78, 5) is 12.2. The van der Waals surface area contributed by atoms with Crippen LogP contribution in [0.3, 0.4) is 0 Å². The third kappa shape index (κ3) is 6.15. The van der Waals surface area contributed by atoms with Gasteiger partial charge >= 0.3 is 0 Å². The first-order chi connectivity index (χ1) is 15.3. The Bertz CT molecular complexity index is 1210. The van der Waals surface area contributed by atoms with Crippen LogP contribution in [-0.2, 0) is 14.8 Å². The molecule has 2 N–H and O–H groups in total. The number of methoxy groups -OCH3 is 1. The normalized spacial score (nSPS) is 11.0. The lowest BCUT2D eigenvalue weighted by atomic mass is 10.2. The summed E-state index contributed by atoms with van der Waals surface area (Å²) in [5, 5.41) is 2.94. The average molecular weight is 475 g/mol. The van der Waals surface area contributed by atoms with Crippen molar-refractivity contribution in [1.29, 1.82) is 0 Å². The van der Waals surface area contributed by atoms with Gasteiger partial charge in [-0.15, -0.1) is 0 Å². The first-order valence-corrected chi connectivity index (χ1v) is 11.6. The molecular weight excluding hydrogens is 452 g/mol. The predicted molar refractivity (Wildman–Crippen MR) is 125 cm³/mol. The van der Waals surface area contributed by atoms with Gasteiger partial charge in [-0.25, -0.2) is 8.42 Å². The Labute approximate surface area is 192 Å². The zero-order valence-corrected chi connectivity index (χ0v) is 19.2. The number of sulfonamides is 1. The highest BCUT2D eigenvalue weighted by Crippen LogP contribution is 2.30. The van der Waals surface area contributed by atoms with Gasteiger partial charge in [0, 0.05) is 5.69 Å². The van der Waals surface area contributed by atoms with Crippen molar-refractivity contribution in [2.75, 3.05) is 23.8 Å². The van der Waals surface area contributed by atoms with E-state index in [1.807, 2.05) is 31.2 Å². The van der Waals surface area contributed by atoms with E-state index in [2.05, 4.69) is 10.0 Å². The number of amides is 1. The van der Waals surface area contributed by atoms with Gasteiger partial charge in [0.05, 0.1) is 30.8 Å². The zero-order valence-electron chi connectivity index (χ0n) is 17.6. The van der Waals surface area contributed by atoms with Crippen molar-refractivity contribution in [3.8, 4) is 11.5 Å². The van der Waals surface area contributed by atoms with Crippen LogP contribution < -0.4 is 19.5 Å². The maximum atomic E-state index is 12.9. The minimum Gasteiger partial charge on any atom is -0.495 e. The molecule has 7 nitrogen and oxygen atoms in total. The number of ether oxygens (including phenoxy) is 2. The van der Waals surface area contributed by atoms with Crippen LogP contribution in [0, 0.1) is 6.92 Å². The standard InChI is InChI=1S/C23H23ClN2O5S/c1-16-6-5-7-18(14-16)31-13-12-23(27)25-17-10-11-21(30-2)22(15-17)32(28,29)26-20-9-4-3-8-19(20)24/h3-11,14-15,26H,12-13H2,1-2H3,(H,25,27). The number of anilines is 2. The molecule has 9 heteroatoms. The molecule has 3 aromatic rings. The molecule has 0 aromatic heterocycles. The van der Waals surface area contributed by atoms with Crippen LogP contribution in [0.5, 0.6) is 11.5 Å². The molecule has 0 aliphatic heterocycles. The number of aryl methyl sites for hydroxylation is 1. The molecule has 1 amide bonds. The van der Waals surface area contributed by atoms with Crippen molar-refractivity contribution < 1.29 is 22.7 Å². The maximum absolute atomic E-state index is 12.9. The van der Waals surface area contributed by atoms with E-state index in [1.54, 1.807) is 30.3 Å². The third-order valence-electron chi connectivity index (χ3n) is 4.44. The Kier molecular flexibility index (Phi) is 7.61. The second kappa shape index (κ2) is 10.4. The fourth-order valence-corrected chi connectivity index (χ4v) is 4.41.